The van der Waals surface area contributed by atoms with Crippen LogP contribution in [-0.2, 0) is 10.9 Å². The van der Waals surface area contributed by atoms with Crippen LogP contribution in [0.4, 0.5) is 40.7 Å². The molecule has 2 aliphatic heterocycles. The first-order chi connectivity index (χ1) is 16.3. The molecule has 14 heteroatoms. The summed E-state index contributed by atoms with van der Waals surface area (Å²) in [5.74, 6) is 0.150. The van der Waals surface area contributed by atoms with Crippen molar-refractivity contribution in [3.63, 3.8) is 0 Å². The van der Waals surface area contributed by atoms with E-state index in [2.05, 4.69) is 42.4 Å². The Kier molecular flexibility index (Phi) is 7.36. The Labute approximate surface area is 198 Å². The number of rotatable bonds is 8. The molecule has 184 valence electrons. The van der Waals surface area contributed by atoms with Gasteiger partial charge in [-0.15, -0.1) is 11.3 Å². The molecule has 0 radical (unpaired) electrons. The van der Waals surface area contributed by atoms with Crippen molar-refractivity contribution in [3.8, 4) is 0 Å². The zero-order valence-corrected chi connectivity index (χ0v) is 19.3. The third-order valence-corrected chi connectivity index (χ3v) is 6.25. The van der Waals surface area contributed by atoms with Crippen molar-refractivity contribution in [1.29, 1.82) is 0 Å². The van der Waals surface area contributed by atoms with E-state index in [1.807, 2.05) is 0 Å². The van der Waals surface area contributed by atoms with Crippen molar-refractivity contribution in [2.75, 3.05) is 68.4 Å². The molecule has 2 N–H and O–H groups in total. The van der Waals surface area contributed by atoms with Gasteiger partial charge in [0.25, 0.3) is 0 Å². The van der Waals surface area contributed by atoms with Gasteiger partial charge in [-0.3, -0.25) is 0 Å². The number of anilines is 4. The second-order valence-electron chi connectivity index (χ2n) is 7.87. The zero-order valence-electron chi connectivity index (χ0n) is 18.5. The van der Waals surface area contributed by atoms with E-state index in [4.69, 9.17) is 4.74 Å². The van der Waals surface area contributed by atoms with Gasteiger partial charge in [-0.1, -0.05) is 0 Å². The van der Waals surface area contributed by atoms with E-state index in [1.54, 1.807) is 11.5 Å². The maximum atomic E-state index is 13.5. The lowest BCUT2D eigenvalue weighted by molar-refractivity contribution is -0.137. The molecule has 0 aromatic carbocycles. The highest BCUT2D eigenvalue weighted by Crippen LogP contribution is 2.34. The lowest BCUT2D eigenvalue weighted by atomic mass is 10.3. The standard InChI is InChI=1S/C20H25F3N8O2S/c1-29-7-9-30(10-8-29)18-27-15(13-34-18)26-17-25-12-14(20(21,22)23)16(28-17)24-4-2-5-31-6-3-11-33-19(31)32/h3,11-13H,2,4-10H2,1H3,(H2,24,25,26,28). The van der Waals surface area contributed by atoms with Crippen LogP contribution in [-0.4, -0.2) is 83.7 Å². The van der Waals surface area contributed by atoms with Crippen molar-refractivity contribution < 1.29 is 22.7 Å². The molecular weight excluding hydrogens is 473 g/mol. The van der Waals surface area contributed by atoms with Crippen LogP contribution in [0.2, 0.25) is 0 Å². The summed E-state index contributed by atoms with van der Waals surface area (Å²) in [6, 6.07) is 0. The number of piperazine rings is 1. The molecule has 10 nitrogen and oxygen atoms in total. The van der Waals surface area contributed by atoms with Crippen molar-refractivity contribution in [2.45, 2.75) is 12.6 Å². The number of carbonyl (C=O) groups is 1. The molecule has 1 amide bonds. The fourth-order valence-electron chi connectivity index (χ4n) is 3.45. The molecule has 4 heterocycles. The maximum Gasteiger partial charge on any atom is 0.421 e. The van der Waals surface area contributed by atoms with Crippen LogP contribution >= 0.6 is 11.3 Å². The second-order valence-corrected chi connectivity index (χ2v) is 8.70. The number of nitrogens with one attached hydrogen (secondary N) is 2. The van der Waals surface area contributed by atoms with Gasteiger partial charge in [0.1, 0.15) is 17.2 Å². The van der Waals surface area contributed by atoms with Gasteiger partial charge < -0.3 is 30.1 Å². The first kappa shape index (κ1) is 24.0. The first-order valence-electron chi connectivity index (χ1n) is 10.7. The second kappa shape index (κ2) is 10.4. The molecule has 0 saturated carbocycles. The van der Waals surface area contributed by atoms with E-state index in [-0.39, 0.29) is 18.3 Å². The maximum absolute atomic E-state index is 13.5. The van der Waals surface area contributed by atoms with Gasteiger partial charge in [-0.2, -0.15) is 18.2 Å². The zero-order chi connectivity index (χ0) is 24.1. The number of likely N-dealkylation sites (N-methyl/N-ethyl adjacent to an activating group) is 1. The third kappa shape index (κ3) is 6.05. The Morgan fingerprint density at radius 2 is 2.00 bits per heavy atom. The lowest BCUT2D eigenvalue weighted by Crippen LogP contribution is -2.44. The van der Waals surface area contributed by atoms with Crippen LogP contribution in [0, 0.1) is 0 Å². The molecule has 2 aromatic heterocycles. The Hall–Kier alpha value is -3.13. The number of halogens is 3. The number of ether oxygens (including phenoxy) is 1. The predicted molar refractivity (Wildman–Crippen MR) is 122 cm³/mol. The lowest BCUT2D eigenvalue weighted by Gasteiger charge is -2.32. The van der Waals surface area contributed by atoms with E-state index in [1.165, 1.54) is 22.5 Å². The van der Waals surface area contributed by atoms with E-state index in [0.717, 1.165) is 37.5 Å². The van der Waals surface area contributed by atoms with E-state index in [0.29, 0.717) is 25.3 Å². The van der Waals surface area contributed by atoms with Crippen LogP contribution in [0.25, 0.3) is 0 Å². The topological polar surface area (TPSA) is 98.8 Å². The largest absolute Gasteiger partial charge is 0.421 e. The molecule has 2 aliphatic rings. The normalized spacial score (nSPS) is 17.1. The number of cyclic esters (lactones) is 1. The van der Waals surface area contributed by atoms with Crippen LogP contribution in [0.3, 0.4) is 0 Å². The highest BCUT2D eigenvalue weighted by atomic mass is 32.1. The van der Waals surface area contributed by atoms with Gasteiger partial charge in [0.05, 0.1) is 6.26 Å². The van der Waals surface area contributed by atoms with Crippen LogP contribution in [0.1, 0.15) is 12.0 Å². The van der Waals surface area contributed by atoms with Crippen molar-refractivity contribution in [2.24, 2.45) is 0 Å². The molecule has 1 fully saturated rings. The van der Waals surface area contributed by atoms with Crippen LogP contribution in [0.5, 0.6) is 0 Å². The number of hydrogen-bond donors (Lipinski definition) is 2. The molecule has 4 rings (SSSR count). The molecule has 0 unspecified atom stereocenters. The SMILES string of the molecule is CN1CCN(c2nc(Nc3ncc(C(F)(F)F)c(NCCCN4CC=COC4=O)n3)cs2)CC1. The van der Waals surface area contributed by atoms with Gasteiger partial charge in [0.2, 0.25) is 5.95 Å². The van der Waals surface area contributed by atoms with Gasteiger partial charge >= 0.3 is 12.3 Å². The van der Waals surface area contributed by atoms with E-state index < -0.39 is 17.8 Å². The summed E-state index contributed by atoms with van der Waals surface area (Å²) < 4.78 is 45.2. The van der Waals surface area contributed by atoms with Gasteiger partial charge in [0, 0.05) is 57.4 Å². The quantitative estimate of drug-likeness (QED) is 0.532. The summed E-state index contributed by atoms with van der Waals surface area (Å²) in [5.41, 5.74) is -0.963. The van der Waals surface area contributed by atoms with E-state index >= 15 is 0 Å². The number of alkyl halides is 3. The summed E-state index contributed by atoms with van der Waals surface area (Å²) >= 11 is 1.45. The number of carbonyl (C=O) groups excluding carboxylic acids is 1. The Morgan fingerprint density at radius 3 is 2.74 bits per heavy atom. The summed E-state index contributed by atoms with van der Waals surface area (Å²) in [6.45, 7) is 4.51. The van der Waals surface area contributed by atoms with Crippen LogP contribution in [0.15, 0.2) is 23.9 Å². The minimum Gasteiger partial charge on any atom is -0.418 e. The summed E-state index contributed by atoms with van der Waals surface area (Å²) in [7, 11) is 2.07. The van der Waals surface area contributed by atoms with Gasteiger partial charge in [0.15, 0.2) is 5.13 Å². The molecular formula is C20H25F3N8O2S. The Bertz CT molecular complexity index is 1020. The van der Waals surface area contributed by atoms with Crippen LogP contribution < -0.4 is 15.5 Å². The number of nitrogens with zero attached hydrogens (tertiary/aromatic N) is 6. The highest BCUT2D eigenvalue weighted by Gasteiger charge is 2.35. The first-order valence-corrected chi connectivity index (χ1v) is 11.6. The number of aromatic nitrogens is 3. The number of amides is 1. The molecule has 0 aliphatic carbocycles. The Morgan fingerprint density at radius 1 is 1.21 bits per heavy atom. The average Bonchev–Trinajstić information content (AvgIpc) is 3.26. The molecule has 0 bridgehead atoms. The molecule has 0 spiro atoms. The predicted octanol–water partition coefficient (Wildman–Crippen LogP) is 3.22. The van der Waals surface area contributed by atoms with Gasteiger partial charge in [-0.25, -0.2) is 14.8 Å². The fourth-order valence-corrected chi connectivity index (χ4v) is 4.26. The summed E-state index contributed by atoms with van der Waals surface area (Å²) in [6.07, 6.45) is -0.930. The molecule has 2 aromatic rings. The minimum atomic E-state index is -4.61. The van der Waals surface area contributed by atoms with Gasteiger partial charge in [-0.05, 0) is 19.5 Å². The fraction of sp³-hybridized carbons (Fsp3) is 0.500. The van der Waals surface area contributed by atoms with Crippen molar-refractivity contribution >= 4 is 40.1 Å². The monoisotopic (exact) mass is 498 g/mol. The average molecular weight is 499 g/mol. The number of thiazole rings is 1. The van der Waals surface area contributed by atoms with Crippen molar-refractivity contribution in [3.05, 3.63) is 29.5 Å². The summed E-state index contributed by atoms with van der Waals surface area (Å²) in [4.78, 5) is 29.9. The molecule has 1 saturated heterocycles. The minimum absolute atomic E-state index is 0.00970. The molecule has 34 heavy (non-hydrogen) atoms. The summed E-state index contributed by atoms with van der Waals surface area (Å²) in [5, 5.41) is 8.24. The molecule has 0 atom stereocenters. The smallest absolute Gasteiger partial charge is 0.418 e. The number of hydrogen-bond acceptors (Lipinski definition) is 10. The highest BCUT2D eigenvalue weighted by molar-refractivity contribution is 7.14. The van der Waals surface area contributed by atoms with E-state index in [9.17, 15) is 18.0 Å². The third-order valence-electron chi connectivity index (χ3n) is 5.35. The van der Waals surface area contributed by atoms with Crippen molar-refractivity contribution in [1.82, 2.24) is 24.8 Å². The Balaban J connectivity index is 1.39.